The highest BCUT2D eigenvalue weighted by Gasteiger charge is 2.36. The molecule has 0 aliphatic heterocycles. The van der Waals surface area contributed by atoms with Gasteiger partial charge in [0.25, 0.3) is 0 Å². The van der Waals surface area contributed by atoms with Crippen LogP contribution < -0.4 is 4.90 Å². The lowest BCUT2D eigenvalue weighted by molar-refractivity contribution is 0.660. The fourth-order valence-corrected chi connectivity index (χ4v) is 9.79. The van der Waals surface area contributed by atoms with Crippen molar-refractivity contribution in [3.05, 3.63) is 199 Å². The number of nitrogens with zero attached hydrogens (tertiary/aromatic N) is 1. The summed E-state index contributed by atoms with van der Waals surface area (Å²) in [6, 6.07) is 69.1. The van der Waals surface area contributed by atoms with Crippen molar-refractivity contribution in [2.75, 3.05) is 4.90 Å². The molecule has 9 aromatic rings. The number of benzene rings is 8. The Morgan fingerprint density at radius 1 is 0.415 bits per heavy atom. The molecular weight excluding hydrogens is 659 g/mol. The van der Waals surface area contributed by atoms with Crippen LogP contribution in [0.2, 0.25) is 0 Å². The Kier molecular flexibility index (Phi) is 7.42. The van der Waals surface area contributed by atoms with Crippen molar-refractivity contribution < 1.29 is 0 Å². The maximum absolute atomic E-state index is 2.54. The van der Waals surface area contributed by atoms with Gasteiger partial charge in [-0.1, -0.05) is 172 Å². The summed E-state index contributed by atoms with van der Waals surface area (Å²) in [6.07, 6.45) is 0. The minimum Gasteiger partial charge on any atom is -0.308 e. The Balaban J connectivity index is 1.31. The Hall–Kier alpha value is -6.22. The molecule has 0 N–H and O–H groups in total. The molecule has 8 aromatic carbocycles. The third-order valence-electron chi connectivity index (χ3n) is 11.1. The van der Waals surface area contributed by atoms with Gasteiger partial charge in [-0.25, -0.2) is 0 Å². The van der Waals surface area contributed by atoms with Crippen molar-refractivity contribution in [2.24, 2.45) is 0 Å². The van der Waals surface area contributed by atoms with Gasteiger partial charge >= 0.3 is 0 Å². The van der Waals surface area contributed by atoms with E-state index in [-0.39, 0.29) is 5.41 Å². The molecule has 1 nitrogen and oxygen atoms in total. The molecule has 0 amide bonds. The molecule has 0 radical (unpaired) electrons. The van der Waals surface area contributed by atoms with E-state index in [0.29, 0.717) is 0 Å². The third-order valence-corrected chi connectivity index (χ3v) is 12.3. The monoisotopic (exact) mass is 695 g/mol. The molecule has 1 aliphatic carbocycles. The summed E-state index contributed by atoms with van der Waals surface area (Å²) in [5.41, 5.74) is 16.0. The molecular formula is C51H37NS. The minimum absolute atomic E-state index is 0.133. The maximum atomic E-state index is 2.54. The molecule has 0 atom stereocenters. The van der Waals surface area contributed by atoms with Crippen LogP contribution in [0.5, 0.6) is 0 Å². The molecule has 0 saturated carbocycles. The van der Waals surface area contributed by atoms with Crippen LogP contribution in [-0.4, -0.2) is 0 Å². The lowest BCUT2D eigenvalue weighted by Crippen LogP contribution is -2.17. The molecule has 0 fully saturated rings. The number of hydrogen-bond acceptors (Lipinski definition) is 2. The fourth-order valence-electron chi connectivity index (χ4n) is 8.59. The van der Waals surface area contributed by atoms with Crippen molar-refractivity contribution in [1.82, 2.24) is 0 Å². The second kappa shape index (κ2) is 12.5. The average Bonchev–Trinajstić information content (AvgIpc) is 3.71. The van der Waals surface area contributed by atoms with Crippen LogP contribution in [0, 0.1) is 0 Å². The first-order valence-electron chi connectivity index (χ1n) is 18.4. The van der Waals surface area contributed by atoms with Crippen LogP contribution in [0.3, 0.4) is 0 Å². The zero-order valence-corrected chi connectivity index (χ0v) is 30.6. The summed E-state index contributed by atoms with van der Waals surface area (Å²) >= 11 is 1.88. The molecule has 10 rings (SSSR count). The molecule has 0 bridgehead atoms. The Morgan fingerprint density at radius 2 is 0.981 bits per heavy atom. The van der Waals surface area contributed by atoms with E-state index in [1.807, 2.05) is 11.3 Å². The number of fused-ring (bicyclic) bond motifs is 6. The Labute approximate surface area is 315 Å². The molecule has 2 heteroatoms. The summed E-state index contributed by atoms with van der Waals surface area (Å²) in [7, 11) is 0. The van der Waals surface area contributed by atoms with Gasteiger partial charge in [0.15, 0.2) is 0 Å². The van der Waals surface area contributed by atoms with Gasteiger partial charge < -0.3 is 4.90 Å². The molecule has 252 valence electrons. The van der Waals surface area contributed by atoms with Gasteiger partial charge in [-0.3, -0.25) is 0 Å². The lowest BCUT2D eigenvalue weighted by atomic mass is 9.82. The summed E-state index contributed by atoms with van der Waals surface area (Å²) in [6.45, 7) is 4.74. The second-order valence-corrected chi connectivity index (χ2v) is 15.5. The summed E-state index contributed by atoms with van der Waals surface area (Å²) < 4.78 is 2.58. The van der Waals surface area contributed by atoms with Gasteiger partial charge in [0, 0.05) is 32.1 Å². The van der Waals surface area contributed by atoms with Crippen LogP contribution in [0.4, 0.5) is 17.1 Å². The number of anilines is 3. The lowest BCUT2D eigenvalue weighted by Gasteiger charge is -2.31. The Morgan fingerprint density at radius 3 is 1.77 bits per heavy atom. The van der Waals surface area contributed by atoms with Crippen molar-refractivity contribution >= 4 is 48.6 Å². The first-order chi connectivity index (χ1) is 26.1. The third kappa shape index (κ3) is 5.05. The van der Waals surface area contributed by atoms with Gasteiger partial charge in [-0.2, -0.15) is 0 Å². The van der Waals surface area contributed by atoms with Crippen molar-refractivity contribution in [3.63, 3.8) is 0 Å². The molecule has 1 aliphatic rings. The van der Waals surface area contributed by atoms with Gasteiger partial charge in [-0.05, 0) is 80.4 Å². The summed E-state index contributed by atoms with van der Waals surface area (Å²) in [5.74, 6) is 0. The number of hydrogen-bond donors (Lipinski definition) is 0. The standard InChI is InChI=1S/C51H37NS/c1-51(2)44-27-13-11-22-39(44)40-32-31-36(33-45(40)51)52(47-29-16-26-43-41-23-12-14-30-48(41)53-50(43)47)46-28-15-25-38(35-19-7-4-8-20-35)49(46)42-24-10-9-21-37(42)34-17-5-3-6-18-34/h3-33H,1-2H3. The van der Waals surface area contributed by atoms with E-state index < -0.39 is 0 Å². The van der Waals surface area contributed by atoms with E-state index in [4.69, 9.17) is 0 Å². The SMILES string of the molecule is CC1(C)c2ccccc2-c2ccc(N(c3cccc(-c4ccccc4)c3-c3ccccc3-c3ccccc3)c3cccc4c3sc3ccccc34)cc21. The number of thiophene rings is 1. The highest BCUT2D eigenvalue weighted by atomic mass is 32.1. The smallest absolute Gasteiger partial charge is 0.0640 e. The van der Waals surface area contributed by atoms with E-state index in [0.717, 1.165) is 11.4 Å². The quantitative estimate of drug-likeness (QED) is 0.167. The van der Waals surface area contributed by atoms with Crippen molar-refractivity contribution in [1.29, 1.82) is 0 Å². The molecule has 53 heavy (non-hydrogen) atoms. The minimum atomic E-state index is -0.133. The molecule has 0 unspecified atom stereocenters. The van der Waals surface area contributed by atoms with E-state index in [2.05, 4.69) is 207 Å². The summed E-state index contributed by atoms with van der Waals surface area (Å²) in [5, 5.41) is 2.58. The highest BCUT2D eigenvalue weighted by Crippen LogP contribution is 2.54. The van der Waals surface area contributed by atoms with Gasteiger partial charge in [0.2, 0.25) is 0 Å². The van der Waals surface area contributed by atoms with E-state index >= 15 is 0 Å². The van der Waals surface area contributed by atoms with E-state index in [9.17, 15) is 0 Å². The van der Waals surface area contributed by atoms with Crippen LogP contribution in [0.15, 0.2) is 188 Å². The second-order valence-electron chi connectivity index (χ2n) is 14.5. The summed E-state index contributed by atoms with van der Waals surface area (Å²) in [4.78, 5) is 2.54. The van der Waals surface area contributed by atoms with E-state index in [1.165, 1.54) is 81.5 Å². The van der Waals surface area contributed by atoms with Gasteiger partial charge in [0.1, 0.15) is 0 Å². The zero-order valence-electron chi connectivity index (χ0n) is 29.8. The first-order valence-corrected chi connectivity index (χ1v) is 19.2. The van der Waals surface area contributed by atoms with Crippen LogP contribution in [-0.2, 0) is 5.41 Å². The number of rotatable bonds is 6. The van der Waals surface area contributed by atoms with Gasteiger partial charge in [0.05, 0.1) is 16.1 Å². The predicted molar refractivity (Wildman–Crippen MR) is 228 cm³/mol. The first kappa shape index (κ1) is 31.5. The van der Waals surface area contributed by atoms with Crippen molar-refractivity contribution in [2.45, 2.75) is 19.3 Å². The van der Waals surface area contributed by atoms with Crippen molar-refractivity contribution in [3.8, 4) is 44.5 Å². The van der Waals surface area contributed by atoms with Crippen LogP contribution in [0.1, 0.15) is 25.0 Å². The fraction of sp³-hybridized carbons (Fsp3) is 0.0588. The van der Waals surface area contributed by atoms with Crippen LogP contribution >= 0.6 is 11.3 Å². The molecule has 0 saturated heterocycles. The van der Waals surface area contributed by atoms with Crippen LogP contribution in [0.25, 0.3) is 64.7 Å². The van der Waals surface area contributed by atoms with Gasteiger partial charge in [-0.15, -0.1) is 11.3 Å². The largest absolute Gasteiger partial charge is 0.308 e. The normalized spacial score (nSPS) is 12.9. The van der Waals surface area contributed by atoms with E-state index in [1.54, 1.807) is 0 Å². The average molecular weight is 696 g/mol. The zero-order chi connectivity index (χ0) is 35.5. The molecule has 1 aromatic heterocycles. The Bertz CT molecular complexity index is 2810. The molecule has 0 spiro atoms. The highest BCUT2D eigenvalue weighted by molar-refractivity contribution is 7.26. The topological polar surface area (TPSA) is 3.24 Å². The maximum Gasteiger partial charge on any atom is 0.0640 e. The predicted octanol–water partition coefficient (Wildman–Crippen LogP) is 14.8. The molecule has 1 heterocycles.